The Morgan fingerprint density at radius 1 is 1.19 bits per heavy atom. The number of hydrogen-bond donors (Lipinski definition) is 1. The molecular formula is C31H41N5O6. The van der Waals surface area contributed by atoms with E-state index in [2.05, 4.69) is 23.5 Å². The standard InChI is InChI=1S/C31H41N5O6/c1-4-6-12-20-41-29(40)25-24-27(38)35(18-10-7-11-19-37)26(31(24)16-15-30(25,3)42-31)28(39)34(17-5-2)21-36-23-14-9-8-13-22(23)32-33-36/h4-5,8-9,13-14,24-26,37H,1-2,6-7,10-12,15-21H2,3H3/t24-,25+,26?,30-,31?/m0/s1. The predicted octanol–water partition coefficient (Wildman–Crippen LogP) is 2.84. The first kappa shape index (κ1) is 29.9. The number of fused-ring (bicyclic) bond motifs is 2. The maximum Gasteiger partial charge on any atom is 0.312 e. The molecule has 3 fully saturated rings. The summed E-state index contributed by atoms with van der Waals surface area (Å²) in [6.45, 7) is 10.4. The van der Waals surface area contributed by atoms with E-state index >= 15 is 0 Å². The van der Waals surface area contributed by atoms with Crippen LogP contribution in [0, 0.1) is 11.8 Å². The second-order valence-electron chi connectivity index (χ2n) is 11.7. The molecule has 2 unspecified atom stereocenters. The summed E-state index contributed by atoms with van der Waals surface area (Å²) in [6.07, 6.45) is 7.73. The number of allylic oxidation sites excluding steroid dienone is 1. The number of carbonyl (C=O) groups is 3. The third kappa shape index (κ3) is 5.13. The Labute approximate surface area is 246 Å². The van der Waals surface area contributed by atoms with Crippen LogP contribution in [0.15, 0.2) is 49.6 Å². The van der Waals surface area contributed by atoms with Crippen LogP contribution in [0.2, 0.25) is 0 Å². The number of amides is 2. The average molecular weight is 580 g/mol. The number of aliphatic hydroxyl groups excluding tert-OH is 1. The number of aromatic nitrogens is 3. The van der Waals surface area contributed by atoms with Crippen molar-refractivity contribution in [1.29, 1.82) is 0 Å². The molecule has 11 heteroatoms. The van der Waals surface area contributed by atoms with Crippen molar-refractivity contribution < 1.29 is 29.0 Å². The van der Waals surface area contributed by atoms with E-state index in [0.717, 1.165) is 11.9 Å². The van der Waals surface area contributed by atoms with Gasteiger partial charge < -0.3 is 24.4 Å². The van der Waals surface area contributed by atoms with Gasteiger partial charge in [-0.05, 0) is 64.0 Å². The molecule has 5 atom stereocenters. The molecule has 226 valence electrons. The molecule has 3 aliphatic rings. The number of benzene rings is 1. The van der Waals surface area contributed by atoms with Crippen LogP contribution < -0.4 is 0 Å². The molecule has 0 aliphatic carbocycles. The topological polar surface area (TPSA) is 127 Å². The van der Waals surface area contributed by atoms with E-state index in [-0.39, 0.29) is 38.2 Å². The summed E-state index contributed by atoms with van der Waals surface area (Å²) in [6, 6.07) is 6.59. The molecule has 3 saturated heterocycles. The van der Waals surface area contributed by atoms with Crippen LogP contribution in [0.4, 0.5) is 0 Å². The first-order chi connectivity index (χ1) is 20.3. The fourth-order valence-corrected chi connectivity index (χ4v) is 7.09. The highest BCUT2D eigenvalue weighted by atomic mass is 16.6. The molecular weight excluding hydrogens is 538 g/mol. The van der Waals surface area contributed by atoms with Crippen LogP contribution in [0.5, 0.6) is 0 Å². The Balaban J connectivity index is 1.47. The molecule has 11 nitrogen and oxygen atoms in total. The number of carbonyl (C=O) groups excluding carboxylic acids is 3. The Morgan fingerprint density at radius 3 is 2.76 bits per heavy atom. The van der Waals surface area contributed by atoms with Crippen molar-refractivity contribution in [3.8, 4) is 0 Å². The lowest BCUT2D eigenvalue weighted by Gasteiger charge is -2.36. The number of hydrogen-bond acceptors (Lipinski definition) is 8. The van der Waals surface area contributed by atoms with Crippen molar-refractivity contribution in [3.63, 3.8) is 0 Å². The molecule has 0 radical (unpaired) electrons. The van der Waals surface area contributed by atoms with E-state index in [0.29, 0.717) is 50.6 Å². The third-order valence-corrected chi connectivity index (χ3v) is 9.00. The Hall–Kier alpha value is -3.57. The highest BCUT2D eigenvalue weighted by molar-refractivity contribution is 5.98. The maximum absolute atomic E-state index is 14.6. The lowest BCUT2D eigenvalue weighted by atomic mass is 9.66. The minimum atomic E-state index is -1.14. The van der Waals surface area contributed by atoms with Crippen molar-refractivity contribution in [2.45, 2.75) is 75.8 Å². The Bertz CT molecular complexity index is 1340. The maximum atomic E-state index is 14.6. The second kappa shape index (κ2) is 12.3. The molecule has 4 heterocycles. The quantitative estimate of drug-likeness (QED) is 0.194. The van der Waals surface area contributed by atoms with E-state index < -0.39 is 35.0 Å². The first-order valence-corrected chi connectivity index (χ1v) is 14.9. The monoisotopic (exact) mass is 579 g/mol. The number of likely N-dealkylation sites (tertiary alicyclic amines) is 1. The molecule has 5 rings (SSSR count). The number of ether oxygens (including phenoxy) is 2. The van der Waals surface area contributed by atoms with Crippen molar-refractivity contribution in [2.24, 2.45) is 11.8 Å². The fraction of sp³-hybridized carbons (Fsp3) is 0.581. The van der Waals surface area contributed by atoms with Crippen LogP contribution in [0.25, 0.3) is 11.0 Å². The summed E-state index contributed by atoms with van der Waals surface area (Å²) in [4.78, 5) is 45.5. The lowest BCUT2D eigenvalue weighted by molar-refractivity contribution is -0.160. The van der Waals surface area contributed by atoms with E-state index in [4.69, 9.17) is 9.47 Å². The zero-order valence-corrected chi connectivity index (χ0v) is 24.3. The van der Waals surface area contributed by atoms with Crippen molar-refractivity contribution in [3.05, 3.63) is 49.6 Å². The summed E-state index contributed by atoms with van der Waals surface area (Å²) in [5.74, 6) is -2.60. The highest BCUT2D eigenvalue weighted by Crippen LogP contribution is 2.63. The SMILES string of the molecule is C=CCCCOC(=O)[C@H]1[C@H]2C(=O)N(CCCCCO)C(C(=O)N(CC=C)Cn3nnc4ccccc43)C23CC[C@]1(C)O3. The van der Waals surface area contributed by atoms with Gasteiger partial charge in [0.25, 0.3) is 0 Å². The molecule has 1 spiro atoms. The molecule has 1 N–H and O–H groups in total. The van der Waals surface area contributed by atoms with Gasteiger partial charge in [0.05, 0.1) is 23.6 Å². The summed E-state index contributed by atoms with van der Waals surface area (Å²) >= 11 is 0. The smallest absolute Gasteiger partial charge is 0.312 e. The van der Waals surface area contributed by atoms with Crippen LogP contribution >= 0.6 is 0 Å². The van der Waals surface area contributed by atoms with Gasteiger partial charge in [-0.1, -0.05) is 29.5 Å². The first-order valence-electron chi connectivity index (χ1n) is 14.9. The molecule has 0 saturated carbocycles. The van der Waals surface area contributed by atoms with Gasteiger partial charge in [0.1, 0.15) is 29.7 Å². The van der Waals surface area contributed by atoms with Gasteiger partial charge >= 0.3 is 5.97 Å². The zero-order valence-electron chi connectivity index (χ0n) is 24.3. The minimum Gasteiger partial charge on any atom is -0.465 e. The van der Waals surface area contributed by atoms with Gasteiger partial charge in [-0.2, -0.15) is 0 Å². The molecule has 2 amide bonds. The van der Waals surface area contributed by atoms with Gasteiger partial charge in [0.2, 0.25) is 11.8 Å². The predicted molar refractivity (Wildman–Crippen MR) is 155 cm³/mol. The summed E-state index contributed by atoms with van der Waals surface area (Å²) < 4.78 is 14.0. The largest absolute Gasteiger partial charge is 0.465 e. The highest BCUT2D eigenvalue weighted by Gasteiger charge is 2.78. The number of esters is 1. The number of para-hydroxylation sites is 1. The van der Waals surface area contributed by atoms with Crippen molar-refractivity contribution in [1.82, 2.24) is 24.8 Å². The van der Waals surface area contributed by atoms with Gasteiger partial charge in [-0.25, -0.2) is 4.68 Å². The number of unbranched alkanes of at least 4 members (excludes halogenated alkanes) is 3. The summed E-state index contributed by atoms with van der Waals surface area (Å²) in [5, 5.41) is 17.8. The van der Waals surface area contributed by atoms with Gasteiger partial charge in [0, 0.05) is 19.7 Å². The number of rotatable bonds is 15. The Morgan fingerprint density at radius 2 is 2.00 bits per heavy atom. The molecule has 2 bridgehead atoms. The number of aliphatic hydroxyl groups is 1. The van der Waals surface area contributed by atoms with E-state index in [1.807, 2.05) is 31.2 Å². The van der Waals surface area contributed by atoms with Gasteiger partial charge in [0.15, 0.2) is 0 Å². The number of nitrogens with zero attached hydrogens (tertiary/aromatic N) is 5. The molecule has 3 aliphatic heterocycles. The Kier molecular flexibility index (Phi) is 8.79. The lowest BCUT2D eigenvalue weighted by Crippen LogP contribution is -2.56. The minimum absolute atomic E-state index is 0.0586. The fourth-order valence-electron chi connectivity index (χ4n) is 7.09. The second-order valence-corrected chi connectivity index (χ2v) is 11.7. The van der Waals surface area contributed by atoms with Crippen LogP contribution in [0.1, 0.15) is 51.9 Å². The van der Waals surface area contributed by atoms with Crippen LogP contribution in [-0.4, -0.2) is 91.2 Å². The van der Waals surface area contributed by atoms with Crippen molar-refractivity contribution >= 4 is 28.8 Å². The van der Waals surface area contributed by atoms with Crippen LogP contribution in [0.3, 0.4) is 0 Å². The van der Waals surface area contributed by atoms with Crippen LogP contribution in [-0.2, 0) is 30.5 Å². The van der Waals surface area contributed by atoms with Crippen molar-refractivity contribution in [2.75, 3.05) is 26.3 Å². The zero-order chi connectivity index (χ0) is 29.9. The van der Waals surface area contributed by atoms with Gasteiger partial charge in [-0.15, -0.1) is 18.3 Å². The molecule has 2 aromatic rings. The van der Waals surface area contributed by atoms with E-state index in [9.17, 15) is 19.5 Å². The summed E-state index contributed by atoms with van der Waals surface area (Å²) in [7, 11) is 0. The normalized spacial score (nSPS) is 27.8. The average Bonchev–Trinajstić information content (AvgIpc) is 3.68. The van der Waals surface area contributed by atoms with E-state index in [1.165, 1.54) is 0 Å². The molecule has 42 heavy (non-hydrogen) atoms. The molecule has 1 aromatic carbocycles. The van der Waals surface area contributed by atoms with E-state index in [1.54, 1.807) is 26.6 Å². The summed E-state index contributed by atoms with van der Waals surface area (Å²) in [5.41, 5.74) is -0.551. The van der Waals surface area contributed by atoms with Gasteiger partial charge in [-0.3, -0.25) is 14.4 Å². The third-order valence-electron chi connectivity index (χ3n) is 9.00. The molecule has 1 aromatic heterocycles.